The Morgan fingerprint density at radius 3 is 2.79 bits per heavy atom. The molecule has 1 saturated heterocycles. The van der Waals surface area contributed by atoms with E-state index in [1.807, 2.05) is 17.8 Å². The van der Waals surface area contributed by atoms with Crippen LogP contribution in [0.3, 0.4) is 0 Å². The lowest BCUT2D eigenvalue weighted by molar-refractivity contribution is 0.288. The molecule has 0 radical (unpaired) electrons. The number of pyridine rings is 1. The first-order chi connectivity index (χ1) is 14.3. The van der Waals surface area contributed by atoms with Crippen LogP contribution >= 0.6 is 11.3 Å². The zero-order valence-electron chi connectivity index (χ0n) is 16.2. The molecule has 1 aliphatic rings. The first-order valence-corrected chi connectivity index (χ1v) is 10.9. The van der Waals surface area contributed by atoms with Crippen LogP contribution < -0.4 is 9.64 Å². The average Bonchev–Trinajstić information content (AvgIpc) is 3.45. The fraction of sp³-hybridized carbons (Fsp3) is 0.250. The number of rotatable bonds is 6. The van der Waals surface area contributed by atoms with E-state index in [4.69, 9.17) is 9.72 Å². The van der Waals surface area contributed by atoms with Gasteiger partial charge in [-0.15, -0.1) is 11.3 Å². The first-order valence-electron chi connectivity index (χ1n) is 10.1. The predicted molar refractivity (Wildman–Crippen MR) is 119 cm³/mol. The number of hydrogen-bond acceptors (Lipinski definition) is 5. The Balaban J connectivity index is 1.23. The smallest absolute Gasteiger partial charge is 0.129 e. The lowest BCUT2D eigenvalue weighted by Crippen LogP contribution is -2.34. The van der Waals surface area contributed by atoms with E-state index in [1.165, 1.54) is 22.2 Å². The van der Waals surface area contributed by atoms with Crippen molar-refractivity contribution in [1.29, 1.82) is 0 Å². The third kappa shape index (κ3) is 4.10. The molecule has 4 aromatic rings. The first kappa shape index (κ1) is 18.1. The van der Waals surface area contributed by atoms with Gasteiger partial charge in [0.25, 0.3) is 0 Å². The second kappa shape index (κ2) is 8.21. The Kier molecular flexibility index (Phi) is 5.13. The maximum Gasteiger partial charge on any atom is 0.129 e. The normalized spacial score (nSPS) is 16.4. The summed E-state index contributed by atoms with van der Waals surface area (Å²) in [6.07, 6.45) is 5.17. The van der Waals surface area contributed by atoms with Gasteiger partial charge in [-0.3, -0.25) is 4.98 Å². The zero-order valence-corrected chi connectivity index (χ0v) is 17.0. The minimum Gasteiger partial charge on any atom is -0.491 e. The third-order valence-corrected chi connectivity index (χ3v) is 6.26. The number of nitrogens with zero attached hydrogens (tertiary/aromatic N) is 3. The molecule has 146 valence electrons. The van der Waals surface area contributed by atoms with Crippen LogP contribution in [-0.2, 0) is 6.42 Å². The third-order valence-electron chi connectivity index (χ3n) is 5.48. The van der Waals surface area contributed by atoms with Gasteiger partial charge in [-0.05, 0) is 48.7 Å². The number of anilines is 1. The molecule has 4 nitrogen and oxygen atoms in total. The molecule has 2 aromatic heterocycles. The number of para-hydroxylation sites is 1. The molecule has 0 amide bonds. The number of thiazole rings is 1. The van der Waals surface area contributed by atoms with Crippen LogP contribution in [-0.4, -0.2) is 29.2 Å². The van der Waals surface area contributed by atoms with E-state index in [2.05, 4.69) is 64.5 Å². The van der Waals surface area contributed by atoms with Crippen molar-refractivity contribution in [2.24, 2.45) is 0 Å². The van der Waals surface area contributed by atoms with E-state index in [-0.39, 0.29) is 0 Å². The van der Waals surface area contributed by atoms with E-state index in [9.17, 15) is 0 Å². The lowest BCUT2D eigenvalue weighted by atomic mass is 10.1. The van der Waals surface area contributed by atoms with Gasteiger partial charge < -0.3 is 9.64 Å². The highest BCUT2D eigenvalue weighted by molar-refractivity contribution is 7.09. The topological polar surface area (TPSA) is 38.2 Å². The summed E-state index contributed by atoms with van der Waals surface area (Å²) in [5.74, 6) is 1.98. The summed E-state index contributed by atoms with van der Waals surface area (Å²) in [6, 6.07) is 21.4. The maximum absolute atomic E-state index is 6.14. The van der Waals surface area contributed by atoms with Gasteiger partial charge in [0.2, 0.25) is 0 Å². The second-order valence-corrected chi connectivity index (χ2v) is 8.42. The van der Waals surface area contributed by atoms with E-state index in [0.29, 0.717) is 12.6 Å². The summed E-state index contributed by atoms with van der Waals surface area (Å²) < 4.78 is 6.14. The van der Waals surface area contributed by atoms with E-state index >= 15 is 0 Å². The van der Waals surface area contributed by atoms with Crippen LogP contribution in [0.2, 0.25) is 0 Å². The molecule has 1 atom stereocenters. The molecule has 5 heteroatoms. The largest absolute Gasteiger partial charge is 0.491 e. The van der Waals surface area contributed by atoms with Crippen molar-refractivity contribution in [2.45, 2.75) is 25.3 Å². The van der Waals surface area contributed by atoms with Crippen LogP contribution in [0, 0.1) is 0 Å². The maximum atomic E-state index is 6.14. The molecule has 1 fully saturated rings. The molecule has 0 unspecified atom stereocenters. The van der Waals surface area contributed by atoms with Crippen LogP contribution in [0.25, 0.3) is 10.9 Å². The molecule has 0 saturated carbocycles. The number of aromatic nitrogens is 2. The fourth-order valence-corrected chi connectivity index (χ4v) is 4.58. The second-order valence-electron chi connectivity index (χ2n) is 7.45. The molecule has 3 heterocycles. The van der Waals surface area contributed by atoms with Crippen LogP contribution in [0.1, 0.15) is 23.3 Å². The summed E-state index contributed by atoms with van der Waals surface area (Å²) in [6.45, 7) is 1.72. The Hall–Kier alpha value is -2.92. The molecule has 2 aromatic carbocycles. The van der Waals surface area contributed by atoms with Crippen molar-refractivity contribution in [2.75, 3.05) is 18.1 Å². The molecule has 5 rings (SSSR count). The Morgan fingerprint density at radius 2 is 1.93 bits per heavy atom. The standard InChI is InChI=1S/C24H23N3OS/c1-2-6-23-19(4-1)9-12-24(26-23)27-13-3-5-20(27)16-28-21-10-7-18(8-11-21)14-22-15-25-17-29-22/h1-2,4,6-12,15,17,20H,3,5,13-14,16H2/t20-/m1/s1. The highest BCUT2D eigenvalue weighted by Gasteiger charge is 2.26. The van der Waals surface area contributed by atoms with Gasteiger partial charge in [0.05, 0.1) is 17.1 Å². The molecule has 0 aliphatic carbocycles. The van der Waals surface area contributed by atoms with Crippen molar-refractivity contribution < 1.29 is 4.74 Å². The minimum absolute atomic E-state index is 0.362. The van der Waals surface area contributed by atoms with Gasteiger partial charge in [0.1, 0.15) is 18.2 Å². The lowest BCUT2D eigenvalue weighted by Gasteiger charge is -2.26. The number of fused-ring (bicyclic) bond motifs is 1. The fourth-order valence-electron chi connectivity index (χ4n) is 3.95. The monoisotopic (exact) mass is 401 g/mol. The van der Waals surface area contributed by atoms with Crippen molar-refractivity contribution in [3.05, 3.63) is 82.8 Å². The Morgan fingerprint density at radius 1 is 1.03 bits per heavy atom. The molecule has 0 N–H and O–H groups in total. The summed E-state index contributed by atoms with van der Waals surface area (Å²) in [5, 5.41) is 1.18. The summed E-state index contributed by atoms with van der Waals surface area (Å²) in [7, 11) is 0. The van der Waals surface area contributed by atoms with Gasteiger partial charge in [-0.2, -0.15) is 0 Å². The van der Waals surface area contributed by atoms with Gasteiger partial charge in [0, 0.05) is 29.4 Å². The van der Waals surface area contributed by atoms with Crippen LogP contribution in [0.5, 0.6) is 5.75 Å². The number of ether oxygens (including phenoxy) is 1. The molecule has 0 spiro atoms. The molecule has 29 heavy (non-hydrogen) atoms. The van der Waals surface area contributed by atoms with Crippen molar-refractivity contribution in [3.8, 4) is 5.75 Å². The molecule has 0 bridgehead atoms. The molecular formula is C24H23N3OS. The highest BCUT2D eigenvalue weighted by atomic mass is 32.1. The Labute approximate surface area is 174 Å². The van der Waals surface area contributed by atoms with Crippen LogP contribution in [0.4, 0.5) is 5.82 Å². The quantitative estimate of drug-likeness (QED) is 0.438. The van der Waals surface area contributed by atoms with Crippen LogP contribution in [0.15, 0.2) is 72.4 Å². The molecule has 1 aliphatic heterocycles. The number of hydrogen-bond donors (Lipinski definition) is 0. The van der Waals surface area contributed by atoms with E-state index in [0.717, 1.165) is 36.5 Å². The van der Waals surface area contributed by atoms with Gasteiger partial charge in [0.15, 0.2) is 0 Å². The SMILES string of the molecule is c1ccc2nc(N3CCC[C@@H]3COc3ccc(Cc4cncs4)cc3)ccc2c1. The number of benzene rings is 2. The summed E-state index contributed by atoms with van der Waals surface area (Å²) >= 11 is 1.69. The zero-order chi connectivity index (χ0) is 19.5. The van der Waals surface area contributed by atoms with Crippen molar-refractivity contribution in [3.63, 3.8) is 0 Å². The average molecular weight is 402 g/mol. The van der Waals surface area contributed by atoms with Gasteiger partial charge in [-0.25, -0.2) is 4.98 Å². The summed E-state index contributed by atoms with van der Waals surface area (Å²) in [5.41, 5.74) is 4.21. The van der Waals surface area contributed by atoms with Gasteiger partial charge in [-0.1, -0.05) is 30.3 Å². The Bertz CT molecular complexity index is 1080. The van der Waals surface area contributed by atoms with Gasteiger partial charge >= 0.3 is 0 Å². The van der Waals surface area contributed by atoms with E-state index in [1.54, 1.807) is 11.3 Å². The van der Waals surface area contributed by atoms with Crippen molar-refractivity contribution in [1.82, 2.24) is 9.97 Å². The highest BCUT2D eigenvalue weighted by Crippen LogP contribution is 2.27. The minimum atomic E-state index is 0.362. The van der Waals surface area contributed by atoms with Crippen molar-refractivity contribution >= 4 is 28.1 Å². The molecular weight excluding hydrogens is 378 g/mol. The summed E-state index contributed by atoms with van der Waals surface area (Å²) in [4.78, 5) is 12.7. The van der Waals surface area contributed by atoms with E-state index < -0.39 is 0 Å². The predicted octanol–water partition coefficient (Wildman–Crippen LogP) is 5.33.